The molecule has 1 atom stereocenters. The molecule has 5 rings (SSSR count). The fourth-order valence-corrected chi connectivity index (χ4v) is 5.02. The van der Waals surface area contributed by atoms with Crippen LogP contribution < -0.4 is 14.4 Å². The molecular formula is C34H29NO7. The fourth-order valence-electron chi connectivity index (χ4n) is 5.02. The van der Waals surface area contributed by atoms with Crippen LogP contribution in [0.25, 0.3) is 5.76 Å². The second kappa shape index (κ2) is 12.0. The van der Waals surface area contributed by atoms with Crippen molar-refractivity contribution in [2.75, 3.05) is 12.0 Å². The molecule has 0 bridgehead atoms. The Kier molecular flexibility index (Phi) is 8.06. The molecule has 0 aromatic heterocycles. The number of nitrogens with zero attached hydrogens (tertiary/aromatic N) is 1. The first-order valence-electron chi connectivity index (χ1n) is 13.3. The van der Waals surface area contributed by atoms with Crippen LogP contribution in [0.2, 0.25) is 0 Å². The van der Waals surface area contributed by atoms with E-state index in [1.807, 2.05) is 37.3 Å². The van der Waals surface area contributed by atoms with Gasteiger partial charge in [-0.15, -0.1) is 0 Å². The molecule has 8 nitrogen and oxygen atoms in total. The highest BCUT2D eigenvalue weighted by Crippen LogP contribution is 2.43. The highest BCUT2D eigenvalue weighted by atomic mass is 16.5. The summed E-state index contributed by atoms with van der Waals surface area (Å²) in [5.74, 6) is -1.80. The molecule has 1 amide bonds. The lowest BCUT2D eigenvalue weighted by Gasteiger charge is -2.26. The zero-order valence-electron chi connectivity index (χ0n) is 23.1. The van der Waals surface area contributed by atoms with Gasteiger partial charge in [-0.05, 0) is 71.6 Å². The molecule has 1 aliphatic heterocycles. The number of anilines is 1. The number of amides is 1. The topological polar surface area (TPSA) is 113 Å². The van der Waals surface area contributed by atoms with Crippen molar-refractivity contribution in [1.82, 2.24) is 0 Å². The molecule has 1 heterocycles. The molecule has 4 aromatic rings. The molecule has 4 aromatic carbocycles. The largest absolute Gasteiger partial charge is 0.507 e. The van der Waals surface area contributed by atoms with E-state index in [0.717, 1.165) is 11.1 Å². The van der Waals surface area contributed by atoms with Crippen LogP contribution in [-0.2, 0) is 27.4 Å². The molecule has 1 aliphatic rings. The Morgan fingerprint density at radius 1 is 0.857 bits per heavy atom. The van der Waals surface area contributed by atoms with Gasteiger partial charge in [0.2, 0.25) is 0 Å². The van der Waals surface area contributed by atoms with Crippen LogP contribution in [0.5, 0.6) is 11.5 Å². The number of carboxylic acid groups (broad SMARTS) is 1. The van der Waals surface area contributed by atoms with Crippen molar-refractivity contribution in [2.24, 2.45) is 0 Å². The number of ketones is 1. The molecule has 8 heteroatoms. The van der Waals surface area contributed by atoms with Gasteiger partial charge in [-0.3, -0.25) is 19.3 Å². The number of rotatable bonds is 9. The lowest BCUT2D eigenvalue weighted by molar-refractivity contribution is -0.136. The number of aliphatic hydroxyl groups is 1. The Labute approximate surface area is 243 Å². The second-order valence-electron chi connectivity index (χ2n) is 9.94. The Bertz CT molecular complexity index is 1680. The number of methoxy groups -OCH3 is 1. The van der Waals surface area contributed by atoms with Crippen molar-refractivity contribution in [2.45, 2.75) is 26.0 Å². The number of benzene rings is 4. The van der Waals surface area contributed by atoms with Gasteiger partial charge in [0.1, 0.15) is 23.9 Å². The average Bonchev–Trinajstić information content (AvgIpc) is 3.26. The van der Waals surface area contributed by atoms with Crippen LogP contribution in [0.4, 0.5) is 5.69 Å². The number of ether oxygens (including phenoxy) is 2. The minimum atomic E-state index is -0.980. The summed E-state index contributed by atoms with van der Waals surface area (Å²) in [4.78, 5) is 39.5. The summed E-state index contributed by atoms with van der Waals surface area (Å²) >= 11 is 0. The number of hydrogen-bond acceptors (Lipinski definition) is 6. The zero-order chi connectivity index (χ0) is 29.8. The number of aryl methyl sites for hydroxylation is 1. The van der Waals surface area contributed by atoms with Crippen molar-refractivity contribution < 1.29 is 34.1 Å². The van der Waals surface area contributed by atoms with Crippen LogP contribution in [0.1, 0.15) is 33.9 Å². The Hall–Kier alpha value is -5.37. The van der Waals surface area contributed by atoms with Gasteiger partial charge in [0.25, 0.3) is 11.7 Å². The molecule has 0 radical (unpaired) electrons. The average molecular weight is 564 g/mol. The van der Waals surface area contributed by atoms with Crippen molar-refractivity contribution >= 4 is 29.1 Å². The van der Waals surface area contributed by atoms with Crippen LogP contribution in [0.15, 0.2) is 103 Å². The van der Waals surface area contributed by atoms with Crippen molar-refractivity contribution in [3.8, 4) is 11.5 Å². The van der Waals surface area contributed by atoms with E-state index in [9.17, 15) is 19.5 Å². The zero-order valence-corrected chi connectivity index (χ0v) is 23.1. The predicted octanol–water partition coefficient (Wildman–Crippen LogP) is 5.84. The summed E-state index contributed by atoms with van der Waals surface area (Å²) in [6.45, 7) is 2.22. The molecular weight excluding hydrogens is 534 g/mol. The minimum absolute atomic E-state index is 0.0692. The van der Waals surface area contributed by atoms with Gasteiger partial charge in [-0.25, -0.2) is 0 Å². The standard InChI is InChI=1S/C34H29NO7/c1-21-17-25(13-16-28(21)42-20-23-7-4-3-5-8-23)32(38)30-31(24-9-6-10-27(19-24)41-2)35(34(40)33(30)39)26-14-11-22(12-15-26)18-29(36)37/h3-17,19,31,38H,18,20H2,1-2H3,(H,36,37)/b32-30-. The predicted molar refractivity (Wildman–Crippen MR) is 158 cm³/mol. The van der Waals surface area contributed by atoms with E-state index in [1.54, 1.807) is 66.7 Å². The summed E-state index contributed by atoms with van der Waals surface area (Å²) in [5.41, 5.74) is 3.55. The third-order valence-electron chi connectivity index (χ3n) is 7.11. The summed E-state index contributed by atoms with van der Waals surface area (Å²) in [5, 5.41) is 20.7. The van der Waals surface area contributed by atoms with Gasteiger partial charge in [-0.1, -0.05) is 54.6 Å². The van der Waals surface area contributed by atoms with Gasteiger partial charge < -0.3 is 19.7 Å². The van der Waals surface area contributed by atoms with E-state index in [2.05, 4.69) is 0 Å². The molecule has 212 valence electrons. The Morgan fingerprint density at radius 2 is 1.60 bits per heavy atom. The van der Waals surface area contributed by atoms with Crippen LogP contribution in [0, 0.1) is 6.92 Å². The summed E-state index contributed by atoms with van der Waals surface area (Å²) < 4.78 is 11.4. The summed E-state index contributed by atoms with van der Waals surface area (Å²) in [7, 11) is 1.52. The van der Waals surface area contributed by atoms with Crippen LogP contribution in [0.3, 0.4) is 0 Å². The third kappa shape index (κ3) is 5.74. The highest BCUT2D eigenvalue weighted by molar-refractivity contribution is 6.51. The van der Waals surface area contributed by atoms with E-state index in [0.29, 0.717) is 40.5 Å². The molecule has 42 heavy (non-hydrogen) atoms. The first-order chi connectivity index (χ1) is 20.3. The Morgan fingerprint density at radius 3 is 2.26 bits per heavy atom. The number of carbonyl (C=O) groups excluding carboxylic acids is 2. The lowest BCUT2D eigenvalue weighted by Crippen LogP contribution is -2.29. The van der Waals surface area contributed by atoms with E-state index >= 15 is 0 Å². The number of hydrogen-bond donors (Lipinski definition) is 2. The second-order valence-corrected chi connectivity index (χ2v) is 9.94. The molecule has 1 saturated heterocycles. The van der Waals surface area contributed by atoms with Crippen molar-refractivity contribution in [3.63, 3.8) is 0 Å². The number of carboxylic acids is 1. The molecule has 2 N–H and O–H groups in total. The summed E-state index contributed by atoms with van der Waals surface area (Å²) in [6, 6.07) is 27.2. The number of carbonyl (C=O) groups is 3. The van der Waals surface area contributed by atoms with Gasteiger partial charge in [0.15, 0.2) is 0 Å². The van der Waals surface area contributed by atoms with Gasteiger partial charge >= 0.3 is 5.97 Å². The van der Waals surface area contributed by atoms with Crippen LogP contribution in [-0.4, -0.2) is 35.0 Å². The maximum atomic E-state index is 13.5. The maximum Gasteiger partial charge on any atom is 0.307 e. The summed E-state index contributed by atoms with van der Waals surface area (Å²) in [6.07, 6.45) is -0.178. The smallest absolute Gasteiger partial charge is 0.307 e. The molecule has 1 fully saturated rings. The molecule has 0 saturated carbocycles. The van der Waals surface area contributed by atoms with Crippen molar-refractivity contribution in [1.29, 1.82) is 0 Å². The maximum absolute atomic E-state index is 13.5. The molecule has 0 aliphatic carbocycles. The fraction of sp³-hybridized carbons (Fsp3) is 0.147. The van der Waals surface area contributed by atoms with E-state index in [4.69, 9.17) is 14.6 Å². The number of aliphatic carboxylic acids is 1. The lowest BCUT2D eigenvalue weighted by atomic mass is 9.94. The quantitative estimate of drug-likeness (QED) is 0.150. The minimum Gasteiger partial charge on any atom is -0.507 e. The SMILES string of the molecule is COc1cccc(C2/C(=C(/O)c3ccc(OCc4ccccc4)c(C)c3)C(=O)C(=O)N2c2ccc(CC(=O)O)cc2)c1. The van der Waals surface area contributed by atoms with E-state index in [1.165, 1.54) is 12.0 Å². The van der Waals surface area contributed by atoms with Gasteiger partial charge in [0, 0.05) is 11.3 Å². The third-order valence-corrected chi connectivity index (χ3v) is 7.11. The van der Waals surface area contributed by atoms with E-state index < -0.39 is 23.7 Å². The molecule has 1 unspecified atom stereocenters. The highest BCUT2D eigenvalue weighted by Gasteiger charge is 2.47. The molecule has 0 spiro atoms. The monoisotopic (exact) mass is 563 g/mol. The number of aliphatic hydroxyl groups excluding tert-OH is 1. The van der Waals surface area contributed by atoms with Gasteiger partial charge in [-0.2, -0.15) is 0 Å². The Balaban J connectivity index is 1.55. The normalized spacial score (nSPS) is 16.0. The van der Waals surface area contributed by atoms with Crippen LogP contribution >= 0.6 is 0 Å². The van der Waals surface area contributed by atoms with Gasteiger partial charge in [0.05, 0.1) is 25.1 Å². The first-order valence-corrected chi connectivity index (χ1v) is 13.3. The first kappa shape index (κ1) is 28.2. The van der Waals surface area contributed by atoms with E-state index in [-0.39, 0.29) is 17.8 Å². The van der Waals surface area contributed by atoms with Crippen molar-refractivity contribution in [3.05, 3.63) is 130 Å². The number of Topliss-reactive ketones (excluding diaryl/α,β-unsaturated/α-hetero) is 1.